The Morgan fingerprint density at radius 1 is 1.33 bits per heavy atom. The van der Waals surface area contributed by atoms with Gasteiger partial charge in [-0.05, 0) is 43.7 Å². The Hall–Kier alpha value is -0.800. The third kappa shape index (κ3) is 5.15. The first-order valence-electron chi connectivity index (χ1n) is 8.09. The molecule has 0 spiro atoms. The topological polar surface area (TPSA) is 34.2 Å². The normalized spacial score (nSPS) is 22.5. The summed E-state index contributed by atoms with van der Waals surface area (Å²) < 4.78 is 6.09. The minimum atomic E-state index is 0.295. The SMILES string of the molecule is CC(C)CNCc1nc(OC2CCCCC2C)ccc1Cl. The summed E-state index contributed by atoms with van der Waals surface area (Å²) in [5.74, 6) is 1.93. The van der Waals surface area contributed by atoms with Crippen LogP contribution in [0.1, 0.15) is 52.1 Å². The van der Waals surface area contributed by atoms with Crippen molar-refractivity contribution in [3.8, 4) is 5.88 Å². The van der Waals surface area contributed by atoms with Gasteiger partial charge in [-0.2, -0.15) is 0 Å². The van der Waals surface area contributed by atoms with Crippen LogP contribution < -0.4 is 10.1 Å². The molecule has 4 heteroatoms. The zero-order valence-corrected chi connectivity index (χ0v) is 14.1. The van der Waals surface area contributed by atoms with Crippen LogP contribution in [0.4, 0.5) is 0 Å². The summed E-state index contributed by atoms with van der Waals surface area (Å²) >= 11 is 6.22. The number of hydrogen-bond acceptors (Lipinski definition) is 3. The molecular weight excluding hydrogens is 284 g/mol. The van der Waals surface area contributed by atoms with Crippen LogP contribution in [-0.4, -0.2) is 17.6 Å². The van der Waals surface area contributed by atoms with Gasteiger partial charge in [0.25, 0.3) is 0 Å². The van der Waals surface area contributed by atoms with Gasteiger partial charge in [0, 0.05) is 12.6 Å². The smallest absolute Gasteiger partial charge is 0.213 e. The zero-order chi connectivity index (χ0) is 15.2. The maximum absolute atomic E-state index is 6.22. The summed E-state index contributed by atoms with van der Waals surface area (Å²) in [7, 11) is 0. The van der Waals surface area contributed by atoms with Crippen molar-refractivity contribution in [2.75, 3.05) is 6.54 Å². The Kier molecular flexibility index (Phi) is 6.31. The molecule has 1 heterocycles. The summed E-state index contributed by atoms with van der Waals surface area (Å²) in [4.78, 5) is 4.58. The first-order chi connectivity index (χ1) is 10.1. The first kappa shape index (κ1) is 16.6. The van der Waals surface area contributed by atoms with Crippen LogP contribution in [0.15, 0.2) is 12.1 Å². The molecule has 0 bridgehead atoms. The van der Waals surface area contributed by atoms with Gasteiger partial charge in [-0.15, -0.1) is 0 Å². The molecule has 0 saturated heterocycles. The van der Waals surface area contributed by atoms with E-state index in [4.69, 9.17) is 16.3 Å². The second-order valence-electron chi connectivity index (χ2n) is 6.52. The van der Waals surface area contributed by atoms with E-state index < -0.39 is 0 Å². The van der Waals surface area contributed by atoms with Crippen molar-refractivity contribution in [1.82, 2.24) is 10.3 Å². The van der Waals surface area contributed by atoms with E-state index in [0.717, 1.165) is 18.7 Å². The Bertz CT molecular complexity index is 450. The number of nitrogens with zero attached hydrogens (tertiary/aromatic N) is 1. The fourth-order valence-corrected chi connectivity index (χ4v) is 2.92. The van der Waals surface area contributed by atoms with E-state index >= 15 is 0 Å². The first-order valence-corrected chi connectivity index (χ1v) is 8.47. The quantitative estimate of drug-likeness (QED) is 0.843. The van der Waals surface area contributed by atoms with Crippen molar-refractivity contribution in [2.24, 2.45) is 11.8 Å². The summed E-state index contributed by atoms with van der Waals surface area (Å²) in [6.45, 7) is 8.29. The zero-order valence-electron chi connectivity index (χ0n) is 13.4. The molecule has 2 atom stereocenters. The molecule has 21 heavy (non-hydrogen) atoms. The number of aromatic nitrogens is 1. The van der Waals surface area contributed by atoms with Crippen molar-refractivity contribution >= 4 is 11.6 Å². The third-order valence-corrected chi connectivity index (χ3v) is 4.39. The number of nitrogens with one attached hydrogen (secondary N) is 1. The molecule has 1 N–H and O–H groups in total. The van der Waals surface area contributed by atoms with Crippen LogP contribution in [0.25, 0.3) is 0 Å². The van der Waals surface area contributed by atoms with E-state index in [-0.39, 0.29) is 0 Å². The van der Waals surface area contributed by atoms with Gasteiger partial charge in [-0.3, -0.25) is 0 Å². The van der Waals surface area contributed by atoms with Crippen LogP contribution in [-0.2, 0) is 6.54 Å². The van der Waals surface area contributed by atoms with Crippen LogP contribution in [0.2, 0.25) is 5.02 Å². The second-order valence-corrected chi connectivity index (χ2v) is 6.93. The monoisotopic (exact) mass is 310 g/mol. The van der Waals surface area contributed by atoms with Crippen molar-refractivity contribution in [1.29, 1.82) is 0 Å². The predicted octanol–water partition coefficient (Wildman–Crippen LogP) is 4.44. The lowest BCUT2D eigenvalue weighted by atomic mass is 9.88. The number of hydrogen-bond donors (Lipinski definition) is 1. The van der Waals surface area contributed by atoms with E-state index in [9.17, 15) is 0 Å². The molecule has 1 fully saturated rings. The molecular formula is C17H27ClN2O. The average molecular weight is 311 g/mol. The van der Waals surface area contributed by atoms with E-state index in [1.165, 1.54) is 19.3 Å². The van der Waals surface area contributed by atoms with Crippen LogP contribution in [0.5, 0.6) is 5.88 Å². The van der Waals surface area contributed by atoms with Gasteiger partial charge in [0.15, 0.2) is 0 Å². The highest BCUT2D eigenvalue weighted by Gasteiger charge is 2.23. The van der Waals surface area contributed by atoms with Crippen LogP contribution >= 0.6 is 11.6 Å². The van der Waals surface area contributed by atoms with Gasteiger partial charge in [0.1, 0.15) is 6.10 Å². The lowest BCUT2D eigenvalue weighted by Gasteiger charge is -2.29. The Morgan fingerprint density at radius 3 is 2.81 bits per heavy atom. The maximum atomic E-state index is 6.22. The minimum Gasteiger partial charge on any atom is -0.474 e. The second kappa shape index (κ2) is 8.00. The molecule has 2 rings (SSSR count). The summed E-state index contributed by atoms with van der Waals surface area (Å²) in [5.41, 5.74) is 0.873. The predicted molar refractivity (Wildman–Crippen MR) is 87.8 cm³/mol. The Balaban J connectivity index is 1.97. The highest BCUT2D eigenvalue weighted by Crippen LogP contribution is 2.28. The van der Waals surface area contributed by atoms with E-state index in [1.54, 1.807) is 0 Å². The number of ether oxygens (including phenoxy) is 1. The van der Waals surface area contributed by atoms with Gasteiger partial charge in [-0.25, -0.2) is 4.98 Å². The number of pyridine rings is 1. The molecule has 0 amide bonds. The van der Waals surface area contributed by atoms with Crippen molar-refractivity contribution in [2.45, 2.75) is 59.1 Å². The van der Waals surface area contributed by atoms with Crippen molar-refractivity contribution in [3.05, 3.63) is 22.8 Å². The van der Waals surface area contributed by atoms with E-state index in [1.807, 2.05) is 12.1 Å². The fraction of sp³-hybridized carbons (Fsp3) is 0.706. The van der Waals surface area contributed by atoms with E-state index in [0.29, 0.717) is 35.4 Å². The average Bonchev–Trinajstić information content (AvgIpc) is 2.44. The molecule has 1 aliphatic rings. The molecule has 1 aromatic heterocycles. The molecule has 0 aliphatic heterocycles. The van der Waals surface area contributed by atoms with Crippen molar-refractivity contribution in [3.63, 3.8) is 0 Å². The van der Waals surface area contributed by atoms with Gasteiger partial charge in [0.2, 0.25) is 5.88 Å². The summed E-state index contributed by atoms with van der Waals surface area (Å²) in [6.07, 6.45) is 5.25. The molecule has 0 radical (unpaired) electrons. The Morgan fingerprint density at radius 2 is 2.10 bits per heavy atom. The highest BCUT2D eigenvalue weighted by molar-refractivity contribution is 6.31. The van der Waals surface area contributed by atoms with Gasteiger partial charge < -0.3 is 10.1 Å². The summed E-state index contributed by atoms with van der Waals surface area (Å²) in [5, 5.41) is 4.08. The fourth-order valence-electron chi connectivity index (χ4n) is 2.75. The van der Waals surface area contributed by atoms with Gasteiger partial charge in [0.05, 0.1) is 10.7 Å². The van der Waals surface area contributed by atoms with E-state index in [2.05, 4.69) is 31.1 Å². The molecule has 1 aliphatic carbocycles. The molecule has 2 unspecified atom stereocenters. The molecule has 3 nitrogen and oxygen atoms in total. The maximum Gasteiger partial charge on any atom is 0.213 e. The lowest BCUT2D eigenvalue weighted by Crippen LogP contribution is -2.28. The van der Waals surface area contributed by atoms with Crippen molar-refractivity contribution < 1.29 is 4.74 Å². The number of rotatable bonds is 6. The summed E-state index contributed by atoms with van der Waals surface area (Å²) in [6, 6.07) is 3.78. The van der Waals surface area contributed by atoms with Gasteiger partial charge in [-0.1, -0.05) is 38.8 Å². The highest BCUT2D eigenvalue weighted by atomic mass is 35.5. The lowest BCUT2D eigenvalue weighted by molar-refractivity contribution is 0.0973. The standard InChI is InChI=1S/C17H27ClN2O/c1-12(2)10-19-11-15-14(18)8-9-17(20-15)21-16-7-5-4-6-13(16)3/h8-9,12-13,16,19H,4-7,10-11H2,1-3H3. The molecule has 1 saturated carbocycles. The molecule has 0 aromatic carbocycles. The largest absolute Gasteiger partial charge is 0.474 e. The minimum absolute atomic E-state index is 0.295. The van der Waals surface area contributed by atoms with Crippen LogP contribution in [0, 0.1) is 11.8 Å². The van der Waals surface area contributed by atoms with Gasteiger partial charge >= 0.3 is 0 Å². The molecule has 1 aromatic rings. The van der Waals surface area contributed by atoms with Crippen LogP contribution in [0.3, 0.4) is 0 Å². The number of halogens is 1. The molecule has 118 valence electrons. The third-order valence-electron chi connectivity index (χ3n) is 4.04. The Labute approximate surface area is 133 Å².